The standard InChI is InChI=1S/C12H20N.C4H6O3/c1-5-9-13(10-6-2,11-7-3)12-8-4;1-2-3-7-4(5)6/h5-8H,1-4,9-12H2;2H,1,3H2,(H,5,6)/q+1;. The zero-order valence-electron chi connectivity index (χ0n) is 12.2. The molecular weight excluding hydrogens is 254 g/mol. The van der Waals surface area contributed by atoms with Crippen LogP contribution in [-0.2, 0) is 4.74 Å². The second-order valence-electron chi connectivity index (χ2n) is 4.09. The molecule has 0 atom stereocenters. The normalized spacial score (nSPS) is 9.40. The van der Waals surface area contributed by atoms with Crippen molar-refractivity contribution in [2.75, 3.05) is 32.8 Å². The van der Waals surface area contributed by atoms with Crippen molar-refractivity contribution in [2.24, 2.45) is 0 Å². The molecule has 1 N–H and O–H groups in total. The number of hydrogen-bond donors (Lipinski definition) is 1. The summed E-state index contributed by atoms with van der Waals surface area (Å²) in [6, 6.07) is 0. The lowest BCUT2D eigenvalue weighted by Gasteiger charge is -2.35. The molecule has 0 aromatic carbocycles. The van der Waals surface area contributed by atoms with Crippen molar-refractivity contribution in [1.82, 2.24) is 0 Å². The Morgan fingerprint density at radius 3 is 1.35 bits per heavy atom. The van der Waals surface area contributed by atoms with Crippen LogP contribution in [0.3, 0.4) is 0 Å². The van der Waals surface area contributed by atoms with Crippen molar-refractivity contribution in [1.29, 1.82) is 0 Å². The molecule has 0 aromatic rings. The molecule has 0 aliphatic rings. The van der Waals surface area contributed by atoms with Gasteiger partial charge < -0.3 is 14.3 Å². The van der Waals surface area contributed by atoms with Gasteiger partial charge in [0.15, 0.2) is 0 Å². The quantitative estimate of drug-likeness (QED) is 0.379. The molecule has 0 amide bonds. The van der Waals surface area contributed by atoms with Crippen molar-refractivity contribution < 1.29 is 19.1 Å². The van der Waals surface area contributed by atoms with Crippen molar-refractivity contribution in [3.05, 3.63) is 63.3 Å². The van der Waals surface area contributed by atoms with E-state index in [0.717, 1.165) is 30.7 Å². The first kappa shape index (κ1) is 20.3. The Kier molecular flexibility index (Phi) is 13.5. The third-order valence-corrected chi connectivity index (χ3v) is 2.39. The summed E-state index contributed by atoms with van der Waals surface area (Å²) >= 11 is 0. The van der Waals surface area contributed by atoms with Crippen LogP contribution in [0.4, 0.5) is 4.79 Å². The molecule has 0 radical (unpaired) electrons. The average Bonchev–Trinajstić information content (AvgIpc) is 2.38. The molecule has 4 heteroatoms. The zero-order valence-corrected chi connectivity index (χ0v) is 12.2. The molecule has 0 rings (SSSR count). The van der Waals surface area contributed by atoms with Crippen LogP contribution >= 0.6 is 0 Å². The number of ether oxygens (including phenoxy) is 1. The fourth-order valence-electron chi connectivity index (χ4n) is 1.67. The van der Waals surface area contributed by atoms with E-state index in [1.807, 2.05) is 24.3 Å². The van der Waals surface area contributed by atoms with E-state index in [-0.39, 0.29) is 6.61 Å². The Bertz CT molecular complexity index is 289. The van der Waals surface area contributed by atoms with Crippen molar-refractivity contribution >= 4 is 6.16 Å². The van der Waals surface area contributed by atoms with Crippen molar-refractivity contribution in [2.45, 2.75) is 0 Å². The van der Waals surface area contributed by atoms with Crippen molar-refractivity contribution in [3.8, 4) is 0 Å². The Morgan fingerprint density at radius 2 is 1.20 bits per heavy atom. The molecule has 0 fully saturated rings. The van der Waals surface area contributed by atoms with E-state index in [9.17, 15) is 4.79 Å². The fourth-order valence-corrected chi connectivity index (χ4v) is 1.67. The highest BCUT2D eigenvalue weighted by atomic mass is 16.7. The summed E-state index contributed by atoms with van der Waals surface area (Å²) in [7, 11) is 0. The highest BCUT2D eigenvalue weighted by molar-refractivity contribution is 5.56. The summed E-state index contributed by atoms with van der Waals surface area (Å²) in [5.41, 5.74) is 0. The summed E-state index contributed by atoms with van der Waals surface area (Å²) in [6.07, 6.45) is 7.87. The fraction of sp³-hybridized carbons (Fsp3) is 0.312. The molecule has 0 bridgehead atoms. The van der Waals surface area contributed by atoms with Gasteiger partial charge in [0.1, 0.15) is 6.61 Å². The maximum atomic E-state index is 9.49. The maximum absolute atomic E-state index is 9.49. The van der Waals surface area contributed by atoms with Crippen LogP contribution in [0.2, 0.25) is 0 Å². The summed E-state index contributed by atoms with van der Waals surface area (Å²) in [5, 5.41) is 7.77. The van der Waals surface area contributed by atoms with Crippen LogP contribution in [0, 0.1) is 0 Å². The maximum Gasteiger partial charge on any atom is 0.506 e. The lowest BCUT2D eigenvalue weighted by molar-refractivity contribution is -0.906. The van der Waals surface area contributed by atoms with Gasteiger partial charge in [-0.05, 0) is 24.3 Å². The summed E-state index contributed by atoms with van der Waals surface area (Å²) in [5.74, 6) is 0. The van der Waals surface area contributed by atoms with Gasteiger partial charge in [0, 0.05) is 0 Å². The monoisotopic (exact) mass is 280 g/mol. The molecule has 0 heterocycles. The van der Waals surface area contributed by atoms with E-state index in [2.05, 4.69) is 37.6 Å². The molecule has 0 saturated heterocycles. The molecular formula is C16H26NO3+. The predicted molar refractivity (Wildman–Crippen MR) is 84.7 cm³/mol. The van der Waals surface area contributed by atoms with E-state index in [1.165, 1.54) is 6.08 Å². The van der Waals surface area contributed by atoms with Gasteiger partial charge in [-0.2, -0.15) is 0 Å². The summed E-state index contributed by atoms with van der Waals surface area (Å²) in [6.45, 7) is 22.1. The first-order valence-electron chi connectivity index (χ1n) is 6.27. The van der Waals surface area contributed by atoms with Gasteiger partial charge >= 0.3 is 6.16 Å². The zero-order chi connectivity index (χ0) is 15.9. The third-order valence-electron chi connectivity index (χ3n) is 2.39. The molecule has 0 saturated carbocycles. The van der Waals surface area contributed by atoms with Gasteiger partial charge in [-0.3, -0.25) is 0 Å². The Labute approximate surface area is 122 Å². The predicted octanol–water partition coefficient (Wildman–Crippen LogP) is 3.41. The largest absolute Gasteiger partial charge is 0.506 e. The van der Waals surface area contributed by atoms with Crippen LogP contribution in [0.15, 0.2) is 63.3 Å². The van der Waals surface area contributed by atoms with Crippen LogP contribution in [-0.4, -0.2) is 48.5 Å². The van der Waals surface area contributed by atoms with E-state index >= 15 is 0 Å². The lowest BCUT2D eigenvalue weighted by atomic mass is 10.3. The molecule has 0 unspecified atom stereocenters. The highest BCUT2D eigenvalue weighted by Crippen LogP contribution is 2.07. The summed E-state index contributed by atoms with van der Waals surface area (Å²) in [4.78, 5) is 9.49. The van der Waals surface area contributed by atoms with Crippen molar-refractivity contribution in [3.63, 3.8) is 0 Å². The van der Waals surface area contributed by atoms with E-state index in [4.69, 9.17) is 5.11 Å². The Morgan fingerprint density at radius 1 is 0.850 bits per heavy atom. The van der Waals surface area contributed by atoms with Crippen LogP contribution in [0.1, 0.15) is 0 Å². The van der Waals surface area contributed by atoms with E-state index < -0.39 is 6.16 Å². The number of hydrogen-bond acceptors (Lipinski definition) is 2. The number of quaternary nitrogens is 1. The van der Waals surface area contributed by atoms with Gasteiger partial charge in [0.25, 0.3) is 0 Å². The molecule has 4 nitrogen and oxygen atoms in total. The second-order valence-corrected chi connectivity index (χ2v) is 4.09. The highest BCUT2D eigenvalue weighted by Gasteiger charge is 2.20. The minimum atomic E-state index is -1.26. The second kappa shape index (κ2) is 13.4. The molecule has 112 valence electrons. The van der Waals surface area contributed by atoms with Crippen LogP contribution in [0.5, 0.6) is 0 Å². The minimum Gasteiger partial charge on any atom is -0.450 e. The van der Waals surface area contributed by atoms with Crippen LogP contribution in [0.25, 0.3) is 0 Å². The lowest BCUT2D eigenvalue weighted by Crippen LogP contribution is -2.48. The van der Waals surface area contributed by atoms with Gasteiger partial charge in [-0.1, -0.05) is 39.0 Å². The molecule has 0 aliphatic heterocycles. The molecule has 0 spiro atoms. The number of rotatable bonds is 10. The summed E-state index contributed by atoms with van der Waals surface area (Å²) < 4.78 is 4.89. The first-order chi connectivity index (χ1) is 9.51. The SMILES string of the molecule is C=CCOC(=O)O.C=CC[N+](CC=C)(CC=C)CC=C. The Balaban J connectivity index is 0. The van der Waals surface area contributed by atoms with E-state index in [0.29, 0.717) is 0 Å². The van der Waals surface area contributed by atoms with Gasteiger partial charge in [-0.25, -0.2) is 4.79 Å². The topological polar surface area (TPSA) is 46.5 Å². The smallest absolute Gasteiger partial charge is 0.450 e. The Hall–Kier alpha value is -2.07. The van der Waals surface area contributed by atoms with Gasteiger partial charge in [0.2, 0.25) is 0 Å². The third kappa shape index (κ3) is 11.0. The number of nitrogens with zero attached hydrogens (tertiary/aromatic N) is 1. The van der Waals surface area contributed by atoms with Gasteiger partial charge in [-0.15, -0.1) is 0 Å². The molecule has 0 aliphatic carbocycles. The van der Waals surface area contributed by atoms with E-state index in [1.54, 1.807) is 0 Å². The molecule has 0 aromatic heterocycles. The van der Waals surface area contributed by atoms with Crippen LogP contribution < -0.4 is 0 Å². The molecule has 20 heavy (non-hydrogen) atoms. The minimum absolute atomic E-state index is 0.0648. The average molecular weight is 280 g/mol. The first-order valence-corrected chi connectivity index (χ1v) is 6.27. The van der Waals surface area contributed by atoms with Gasteiger partial charge in [0.05, 0.1) is 26.2 Å². The number of carboxylic acid groups (broad SMARTS) is 1. The number of carbonyl (C=O) groups is 1.